The highest BCUT2D eigenvalue weighted by Gasteiger charge is 2.28. The molecule has 166 valence electrons. The Hall–Kier alpha value is -2.02. The second-order valence-corrected chi connectivity index (χ2v) is 10.7. The molecule has 0 aliphatic carbocycles. The van der Waals surface area contributed by atoms with Crippen molar-refractivity contribution in [3.05, 3.63) is 12.5 Å². The number of amides is 1. The van der Waals surface area contributed by atoms with Crippen molar-refractivity contribution in [3.63, 3.8) is 0 Å². The molecule has 1 N–H and O–H groups in total. The van der Waals surface area contributed by atoms with Crippen LogP contribution in [0, 0.1) is 16.7 Å². The third kappa shape index (κ3) is 5.56. The van der Waals surface area contributed by atoms with E-state index in [4.69, 9.17) is 0 Å². The predicted octanol–water partition coefficient (Wildman–Crippen LogP) is 4.35. The lowest BCUT2D eigenvalue weighted by atomic mass is 9.75. The highest BCUT2D eigenvalue weighted by molar-refractivity contribution is 6.00. The molecule has 0 spiro atoms. The van der Waals surface area contributed by atoms with Crippen LogP contribution < -0.4 is 5.32 Å². The monoisotopic (exact) mass is 414 g/mol. The van der Waals surface area contributed by atoms with Crippen LogP contribution in [-0.2, 0) is 11.3 Å². The van der Waals surface area contributed by atoms with Crippen LogP contribution in [0.2, 0.25) is 0 Å². The highest BCUT2D eigenvalue weighted by Crippen LogP contribution is 2.34. The molecule has 2 aromatic heterocycles. The van der Waals surface area contributed by atoms with Gasteiger partial charge in [0.1, 0.15) is 12.1 Å². The van der Waals surface area contributed by atoms with E-state index < -0.39 is 5.41 Å². The zero-order valence-electron chi connectivity index (χ0n) is 19.5. The van der Waals surface area contributed by atoms with E-state index in [2.05, 4.69) is 46.1 Å². The van der Waals surface area contributed by atoms with Crippen molar-refractivity contribution in [2.75, 3.05) is 25.0 Å². The third-order valence-corrected chi connectivity index (χ3v) is 6.25. The summed E-state index contributed by atoms with van der Waals surface area (Å²) in [4.78, 5) is 23.6. The first kappa shape index (κ1) is 22.7. The summed E-state index contributed by atoms with van der Waals surface area (Å²) in [5, 5.41) is 8.20. The van der Waals surface area contributed by atoms with E-state index in [9.17, 15) is 4.79 Å². The number of carbonyl (C=O) groups excluding carboxylic acids is 1. The number of carbonyl (C=O) groups is 1. The molecule has 0 bridgehead atoms. The van der Waals surface area contributed by atoms with E-state index in [-0.39, 0.29) is 5.91 Å². The molecule has 7 nitrogen and oxygen atoms in total. The van der Waals surface area contributed by atoms with Crippen LogP contribution in [0.1, 0.15) is 67.2 Å². The maximum Gasteiger partial charge on any atom is 0.230 e. The maximum absolute atomic E-state index is 12.3. The van der Waals surface area contributed by atoms with Crippen molar-refractivity contribution < 1.29 is 4.79 Å². The summed E-state index contributed by atoms with van der Waals surface area (Å²) >= 11 is 0. The smallest absolute Gasteiger partial charge is 0.230 e. The zero-order chi connectivity index (χ0) is 21.9. The number of anilines is 1. The minimum atomic E-state index is -0.478. The molecule has 3 heterocycles. The first-order chi connectivity index (χ1) is 14.1. The summed E-state index contributed by atoms with van der Waals surface area (Å²) in [6.45, 7) is 17.2. The molecular weight excluding hydrogens is 376 g/mol. The van der Waals surface area contributed by atoms with Crippen LogP contribution in [-0.4, -0.2) is 50.2 Å². The van der Waals surface area contributed by atoms with E-state index in [1.165, 1.54) is 32.3 Å². The quantitative estimate of drug-likeness (QED) is 0.711. The molecule has 1 amide bonds. The van der Waals surface area contributed by atoms with Crippen molar-refractivity contribution in [1.82, 2.24) is 24.6 Å². The maximum atomic E-state index is 12.3. The number of rotatable bonds is 6. The van der Waals surface area contributed by atoms with Gasteiger partial charge in [-0.25, -0.2) is 14.6 Å². The molecule has 0 radical (unpaired) electrons. The van der Waals surface area contributed by atoms with Gasteiger partial charge in [0.15, 0.2) is 5.65 Å². The minimum absolute atomic E-state index is 0.0644. The van der Waals surface area contributed by atoms with Crippen molar-refractivity contribution in [2.45, 2.75) is 73.8 Å². The largest absolute Gasteiger partial charge is 0.310 e. The van der Waals surface area contributed by atoms with E-state index >= 15 is 0 Å². The summed E-state index contributed by atoms with van der Waals surface area (Å²) in [5.74, 6) is 1.32. The number of piperidine rings is 1. The van der Waals surface area contributed by atoms with Gasteiger partial charge in [0.25, 0.3) is 0 Å². The van der Waals surface area contributed by atoms with Gasteiger partial charge in [-0.15, -0.1) is 0 Å². The van der Waals surface area contributed by atoms with Gasteiger partial charge in [-0.05, 0) is 56.7 Å². The molecule has 0 aromatic carbocycles. The Morgan fingerprint density at radius 3 is 2.37 bits per heavy atom. The van der Waals surface area contributed by atoms with Gasteiger partial charge in [-0.1, -0.05) is 41.5 Å². The summed E-state index contributed by atoms with van der Waals surface area (Å²) in [6, 6.07) is 0. The molecule has 1 aliphatic heterocycles. The Morgan fingerprint density at radius 2 is 1.73 bits per heavy atom. The predicted molar refractivity (Wildman–Crippen MR) is 121 cm³/mol. The lowest BCUT2D eigenvalue weighted by Crippen LogP contribution is -2.38. The number of nitrogens with one attached hydrogen (secondary N) is 1. The van der Waals surface area contributed by atoms with Crippen molar-refractivity contribution in [1.29, 1.82) is 0 Å². The lowest BCUT2D eigenvalue weighted by Gasteiger charge is -2.38. The van der Waals surface area contributed by atoms with E-state index in [0.29, 0.717) is 11.2 Å². The molecule has 1 fully saturated rings. The molecule has 2 aromatic rings. The molecule has 7 heteroatoms. The molecule has 30 heavy (non-hydrogen) atoms. The summed E-state index contributed by atoms with van der Waals surface area (Å²) in [6.07, 6.45) is 8.09. The lowest BCUT2D eigenvalue weighted by molar-refractivity contribution is -0.123. The van der Waals surface area contributed by atoms with Crippen LogP contribution in [0.25, 0.3) is 11.0 Å². The van der Waals surface area contributed by atoms with E-state index in [1.807, 2.05) is 25.5 Å². The molecule has 3 rings (SSSR count). The molecular formula is C23H38N6O. The molecule has 0 saturated carbocycles. The topological polar surface area (TPSA) is 75.9 Å². The Labute approximate surface area is 180 Å². The molecule has 0 unspecified atom stereocenters. The number of unbranched alkanes of at least 4 members (excludes halogenated alkanes) is 1. The minimum Gasteiger partial charge on any atom is -0.310 e. The van der Waals surface area contributed by atoms with Crippen molar-refractivity contribution in [2.24, 2.45) is 16.7 Å². The number of aromatic nitrogens is 4. The highest BCUT2D eigenvalue weighted by atomic mass is 16.2. The standard InChI is InChI=1S/C23H38N6O/c1-22(2,3)17-9-13-28(14-10-17)11-7-8-12-29-20-18(15-26-29)19(24-16-25-20)27-21(30)23(4,5)6/h15-17H,7-14H2,1-6H3,(H,24,25,27,30). The second kappa shape index (κ2) is 9.00. The first-order valence-electron chi connectivity index (χ1n) is 11.3. The van der Waals surface area contributed by atoms with Gasteiger partial charge >= 0.3 is 0 Å². The van der Waals surface area contributed by atoms with Crippen LogP contribution in [0.4, 0.5) is 5.82 Å². The molecule has 0 atom stereocenters. The molecule has 1 aliphatic rings. The van der Waals surface area contributed by atoms with Gasteiger partial charge in [-0.3, -0.25) is 4.79 Å². The average Bonchev–Trinajstić information content (AvgIpc) is 3.08. The van der Waals surface area contributed by atoms with Gasteiger partial charge < -0.3 is 10.2 Å². The van der Waals surface area contributed by atoms with Gasteiger partial charge in [-0.2, -0.15) is 5.10 Å². The normalized spacial score (nSPS) is 16.9. The van der Waals surface area contributed by atoms with Gasteiger partial charge in [0.05, 0.1) is 11.6 Å². The average molecular weight is 415 g/mol. The number of likely N-dealkylation sites (tertiary alicyclic amines) is 1. The zero-order valence-corrected chi connectivity index (χ0v) is 19.5. The van der Waals surface area contributed by atoms with Gasteiger partial charge in [0, 0.05) is 12.0 Å². The number of aryl methyl sites for hydroxylation is 1. The van der Waals surface area contributed by atoms with Crippen LogP contribution in [0.5, 0.6) is 0 Å². The summed E-state index contributed by atoms with van der Waals surface area (Å²) < 4.78 is 1.93. The second-order valence-electron chi connectivity index (χ2n) is 10.7. The van der Waals surface area contributed by atoms with E-state index in [0.717, 1.165) is 42.9 Å². The summed E-state index contributed by atoms with van der Waals surface area (Å²) in [7, 11) is 0. The third-order valence-electron chi connectivity index (χ3n) is 6.25. The Morgan fingerprint density at radius 1 is 1.07 bits per heavy atom. The molecule has 1 saturated heterocycles. The fraction of sp³-hybridized carbons (Fsp3) is 0.739. The number of hydrogen-bond acceptors (Lipinski definition) is 5. The van der Waals surface area contributed by atoms with Crippen molar-refractivity contribution >= 4 is 22.8 Å². The number of fused-ring (bicyclic) bond motifs is 1. The number of nitrogens with zero attached hydrogens (tertiary/aromatic N) is 5. The summed E-state index contributed by atoms with van der Waals surface area (Å²) in [5.41, 5.74) is 0.731. The van der Waals surface area contributed by atoms with Gasteiger partial charge in [0.2, 0.25) is 5.91 Å². The van der Waals surface area contributed by atoms with Crippen LogP contribution >= 0.6 is 0 Å². The van der Waals surface area contributed by atoms with Crippen LogP contribution in [0.3, 0.4) is 0 Å². The van der Waals surface area contributed by atoms with Crippen LogP contribution in [0.15, 0.2) is 12.5 Å². The Kier molecular flexibility index (Phi) is 6.80. The fourth-order valence-corrected chi connectivity index (χ4v) is 4.07. The Bertz CT molecular complexity index is 853. The Balaban J connectivity index is 1.50. The number of hydrogen-bond donors (Lipinski definition) is 1. The van der Waals surface area contributed by atoms with E-state index in [1.54, 1.807) is 6.20 Å². The fourth-order valence-electron chi connectivity index (χ4n) is 4.07. The first-order valence-corrected chi connectivity index (χ1v) is 11.3. The SMILES string of the molecule is CC(C)(C)C(=O)Nc1ncnc2c1cnn2CCCCN1CCC(C(C)(C)C)CC1. The van der Waals surface area contributed by atoms with Crippen molar-refractivity contribution in [3.8, 4) is 0 Å².